The molecule has 0 radical (unpaired) electrons. The number of hydrogen-bond acceptors (Lipinski definition) is 6. The van der Waals surface area contributed by atoms with Crippen molar-refractivity contribution in [3.8, 4) is 0 Å². The van der Waals surface area contributed by atoms with Crippen LogP contribution < -0.4 is 5.32 Å². The number of likely N-dealkylation sites (tertiary alicyclic amines) is 1. The van der Waals surface area contributed by atoms with Crippen LogP contribution in [0.5, 0.6) is 0 Å². The van der Waals surface area contributed by atoms with Gasteiger partial charge in [0.15, 0.2) is 5.65 Å². The number of carbonyl (C=O) groups excluding carboxylic acids is 2. The van der Waals surface area contributed by atoms with Gasteiger partial charge in [0.05, 0.1) is 0 Å². The number of fused-ring (bicyclic) bond motifs is 1. The third kappa shape index (κ3) is 5.03. The van der Waals surface area contributed by atoms with Crippen LogP contribution in [0.15, 0.2) is 48.7 Å². The maximum Gasteiger partial charge on any atom is 0.253 e. The van der Waals surface area contributed by atoms with E-state index >= 15 is 0 Å². The lowest BCUT2D eigenvalue weighted by atomic mass is 10.00. The van der Waals surface area contributed by atoms with E-state index in [2.05, 4.69) is 34.5 Å². The van der Waals surface area contributed by atoms with Crippen LogP contribution in [0.4, 0.5) is 11.6 Å². The molecule has 9 nitrogen and oxygen atoms in total. The first kappa shape index (κ1) is 24.6. The summed E-state index contributed by atoms with van der Waals surface area (Å²) in [6, 6.07) is 11.9. The Labute approximate surface area is 223 Å². The van der Waals surface area contributed by atoms with Gasteiger partial charge in [0.1, 0.15) is 0 Å². The number of benzene rings is 1. The summed E-state index contributed by atoms with van der Waals surface area (Å²) >= 11 is 0. The number of anilines is 2. The molecule has 198 valence electrons. The smallest absolute Gasteiger partial charge is 0.253 e. The fraction of sp³-hybridized carbons (Fsp3) is 0.448. The fourth-order valence-corrected chi connectivity index (χ4v) is 5.49. The van der Waals surface area contributed by atoms with E-state index in [4.69, 9.17) is 4.98 Å². The monoisotopic (exact) mass is 513 g/mol. The topological polar surface area (TPSA) is 86.1 Å². The van der Waals surface area contributed by atoms with Gasteiger partial charge in [0.2, 0.25) is 11.9 Å². The van der Waals surface area contributed by atoms with Gasteiger partial charge in [-0.05, 0) is 94.2 Å². The molecule has 1 aromatic carbocycles. The van der Waals surface area contributed by atoms with Crippen LogP contribution in [-0.4, -0.2) is 87.4 Å². The molecule has 9 heteroatoms. The summed E-state index contributed by atoms with van der Waals surface area (Å²) < 4.78 is 1.79. The molecule has 38 heavy (non-hydrogen) atoms. The molecule has 0 unspecified atom stereocenters. The second kappa shape index (κ2) is 10.2. The zero-order valence-electron chi connectivity index (χ0n) is 22.1. The Morgan fingerprint density at radius 3 is 2.47 bits per heavy atom. The van der Waals surface area contributed by atoms with Gasteiger partial charge in [0.25, 0.3) is 5.91 Å². The van der Waals surface area contributed by atoms with Crippen LogP contribution in [-0.2, 0) is 4.79 Å². The van der Waals surface area contributed by atoms with Crippen molar-refractivity contribution in [3.63, 3.8) is 0 Å². The molecule has 1 N–H and O–H groups in total. The van der Waals surface area contributed by atoms with Crippen molar-refractivity contribution in [1.29, 1.82) is 0 Å². The van der Waals surface area contributed by atoms with E-state index in [1.54, 1.807) is 4.52 Å². The first-order valence-electron chi connectivity index (χ1n) is 13.6. The van der Waals surface area contributed by atoms with Crippen LogP contribution in [0.3, 0.4) is 0 Å². The minimum atomic E-state index is 0.0553. The summed E-state index contributed by atoms with van der Waals surface area (Å²) in [6.45, 7) is 3.45. The van der Waals surface area contributed by atoms with Crippen molar-refractivity contribution in [2.75, 3.05) is 45.6 Å². The van der Waals surface area contributed by atoms with Crippen molar-refractivity contribution in [2.24, 2.45) is 5.92 Å². The molecule has 1 saturated heterocycles. The zero-order valence-corrected chi connectivity index (χ0v) is 22.1. The van der Waals surface area contributed by atoms with Gasteiger partial charge < -0.3 is 20.0 Å². The van der Waals surface area contributed by atoms with Gasteiger partial charge >= 0.3 is 0 Å². The van der Waals surface area contributed by atoms with Crippen molar-refractivity contribution in [2.45, 2.75) is 38.1 Å². The third-order valence-electron chi connectivity index (χ3n) is 8.10. The van der Waals surface area contributed by atoms with Crippen LogP contribution >= 0.6 is 0 Å². The number of amides is 2. The Morgan fingerprint density at radius 1 is 1.03 bits per heavy atom. The Hall–Kier alpha value is -3.72. The van der Waals surface area contributed by atoms with Gasteiger partial charge in [-0.2, -0.15) is 4.98 Å². The largest absolute Gasteiger partial charge is 0.339 e. The van der Waals surface area contributed by atoms with Crippen LogP contribution in [0.2, 0.25) is 0 Å². The predicted octanol–water partition coefficient (Wildman–Crippen LogP) is 3.66. The van der Waals surface area contributed by atoms with Crippen molar-refractivity contribution < 1.29 is 9.59 Å². The van der Waals surface area contributed by atoms with E-state index < -0.39 is 0 Å². The predicted molar refractivity (Wildman–Crippen MR) is 147 cm³/mol. The Kier molecular flexibility index (Phi) is 6.61. The highest BCUT2D eigenvalue weighted by Crippen LogP contribution is 2.33. The molecule has 2 aromatic heterocycles. The van der Waals surface area contributed by atoms with E-state index in [1.807, 2.05) is 53.4 Å². The van der Waals surface area contributed by atoms with Gasteiger partial charge in [-0.15, -0.1) is 5.10 Å². The number of carbonyl (C=O) groups is 2. The number of aromatic nitrogens is 3. The summed E-state index contributed by atoms with van der Waals surface area (Å²) in [5.74, 6) is 1.11. The summed E-state index contributed by atoms with van der Waals surface area (Å²) in [5.41, 5.74) is 4.54. The Balaban J connectivity index is 1.13. The SMILES string of the molecule is CN1CCC(N(C)C(=O)c2ccc(Nc3nc4c(C5=CCN(C(=O)C6CC6)CC5)cccn4n3)cc2)CC1. The quantitative estimate of drug-likeness (QED) is 0.542. The van der Waals surface area contributed by atoms with Crippen LogP contribution in [0, 0.1) is 5.92 Å². The number of hydrogen-bond donors (Lipinski definition) is 1. The average Bonchev–Trinajstić information content (AvgIpc) is 3.72. The molecule has 1 aliphatic carbocycles. The molecule has 0 atom stereocenters. The maximum atomic E-state index is 13.0. The lowest BCUT2D eigenvalue weighted by Gasteiger charge is -2.35. The second-order valence-corrected chi connectivity index (χ2v) is 10.8. The van der Waals surface area contributed by atoms with Crippen LogP contribution in [0.1, 0.15) is 48.0 Å². The molecule has 3 aromatic rings. The molecule has 2 fully saturated rings. The number of piperidine rings is 1. The van der Waals surface area contributed by atoms with Crippen molar-refractivity contribution in [1.82, 2.24) is 29.3 Å². The summed E-state index contributed by atoms with van der Waals surface area (Å²) in [5, 5.41) is 7.90. The van der Waals surface area contributed by atoms with E-state index in [9.17, 15) is 9.59 Å². The second-order valence-electron chi connectivity index (χ2n) is 10.8. The molecule has 6 rings (SSSR count). The third-order valence-corrected chi connectivity index (χ3v) is 8.10. The molecular weight excluding hydrogens is 478 g/mol. The maximum absolute atomic E-state index is 13.0. The number of nitrogens with zero attached hydrogens (tertiary/aromatic N) is 6. The Morgan fingerprint density at radius 2 is 1.79 bits per heavy atom. The average molecular weight is 514 g/mol. The summed E-state index contributed by atoms with van der Waals surface area (Å²) in [4.78, 5) is 36.4. The molecule has 4 heterocycles. The van der Waals surface area contributed by atoms with Crippen molar-refractivity contribution >= 4 is 34.7 Å². The first-order valence-corrected chi connectivity index (χ1v) is 13.6. The molecule has 3 aliphatic rings. The normalized spacial score (nSPS) is 18.9. The molecule has 2 amide bonds. The number of nitrogens with one attached hydrogen (secondary N) is 1. The van der Waals surface area contributed by atoms with Crippen LogP contribution in [0.25, 0.3) is 11.2 Å². The van der Waals surface area contributed by atoms with Gasteiger partial charge in [-0.1, -0.05) is 6.08 Å². The highest BCUT2D eigenvalue weighted by molar-refractivity contribution is 5.94. The van der Waals surface area contributed by atoms with Gasteiger partial charge in [-0.3, -0.25) is 9.59 Å². The fourth-order valence-electron chi connectivity index (χ4n) is 5.49. The highest BCUT2D eigenvalue weighted by atomic mass is 16.2. The van der Waals surface area contributed by atoms with Gasteiger partial charge in [-0.25, -0.2) is 4.52 Å². The highest BCUT2D eigenvalue weighted by Gasteiger charge is 2.34. The minimum absolute atomic E-state index is 0.0553. The van der Waals surface area contributed by atoms with Crippen molar-refractivity contribution in [3.05, 3.63) is 59.8 Å². The first-order chi connectivity index (χ1) is 18.5. The lowest BCUT2D eigenvalue weighted by Crippen LogP contribution is -2.44. The minimum Gasteiger partial charge on any atom is -0.339 e. The number of rotatable bonds is 6. The molecule has 1 saturated carbocycles. The van der Waals surface area contributed by atoms with E-state index in [1.165, 1.54) is 5.57 Å². The zero-order chi connectivity index (χ0) is 26.2. The van der Waals surface area contributed by atoms with Gasteiger partial charge in [0, 0.05) is 55.1 Å². The standard InChI is InChI=1S/C29H35N7O2/c1-33-16-13-24(14-17-33)34(2)27(37)21-7-9-23(10-8-21)30-29-31-26-25(4-3-15-36(26)32-29)20-11-18-35(19-12-20)28(38)22-5-6-22/h3-4,7-11,15,22,24H,5-6,12-14,16-19H2,1-2H3,(H,30,32). The molecule has 0 spiro atoms. The van der Waals surface area contributed by atoms with E-state index in [-0.39, 0.29) is 17.9 Å². The molecule has 2 aliphatic heterocycles. The summed E-state index contributed by atoms with van der Waals surface area (Å²) in [6.07, 6.45) is 8.95. The lowest BCUT2D eigenvalue weighted by molar-refractivity contribution is -0.132. The summed E-state index contributed by atoms with van der Waals surface area (Å²) in [7, 11) is 4.04. The van der Waals surface area contributed by atoms with E-state index in [0.717, 1.165) is 68.6 Å². The molecular formula is C29H35N7O2. The van der Waals surface area contributed by atoms with E-state index in [0.29, 0.717) is 24.0 Å². The molecule has 0 bridgehead atoms. The number of pyridine rings is 1. The Bertz CT molecular complexity index is 1370.